The molecule has 2 heterocycles. The van der Waals surface area contributed by atoms with Gasteiger partial charge in [-0.05, 0) is 45.4 Å². The Kier molecular flexibility index (Phi) is 9.48. The van der Waals surface area contributed by atoms with Crippen molar-refractivity contribution in [2.75, 3.05) is 26.6 Å². The van der Waals surface area contributed by atoms with Crippen molar-refractivity contribution >= 4 is 52.7 Å². The van der Waals surface area contributed by atoms with Crippen LogP contribution in [0.3, 0.4) is 0 Å². The lowest BCUT2D eigenvalue weighted by Gasteiger charge is -2.44. The van der Waals surface area contributed by atoms with Gasteiger partial charge >= 0.3 is 0 Å². The Morgan fingerprint density at radius 3 is 2.33 bits per heavy atom. The number of aromatic nitrogens is 1. The minimum atomic E-state index is -2.72. The molecule has 1 saturated heterocycles. The zero-order valence-corrected chi connectivity index (χ0v) is 26.5. The van der Waals surface area contributed by atoms with Gasteiger partial charge in [-0.2, -0.15) is 0 Å². The molecule has 1 fully saturated rings. The van der Waals surface area contributed by atoms with E-state index in [1.165, 1.54) is 10.4 Å². The van der Waals surface area contributed by atoms with E-state index < -0.39 is 8.32 Å². The molecular formula is C34H36ClN3O4Si. The third-order valence-corrected chi connectivity index (χ3v) is 13.3. The average Bonchev–Trinajstić information content (AvgIpc) is 3.36. The van der Waals surface area contributed by atoms with Gasteiger partial charge in [-0.25, -0.2) is 9.83 Å². The first kappa shape index (κ1) is 30.7. The number of pyridine rings is 1. The Morgan fingerprint density at radius 1 is 1.02 bits per heavy atom. The molecule has 1 amide bonds. The Hall–Kier alpha value is -3.74. The van der Waals surface area contributed by atoms with Crippen LogP contribution in [0.15, 0.2) is 85.1 Å². The average molecular weight is 614 g/mol. The summed E-state index contributed by atoms with van der Waals surface area (Å²) >= 11 is 6.24. The van der Waals surface area contributed by atoms with E-state index in [0.717, 1.165) is 17.2 Å². The summed E-state index contributed by atoms with van der Waals surface area (Å²) in [5.41, 5.74) is 0.394. The van der Waals surface area contributed by atoms with Crippen LogP contribution >= 0.6 is 11.6 Å². The third-order valence-electron chi connectivity index (χ3n) is 7.99. The summed E-state index contributed by atoms with van der Waals surface area (Å²) < 4.78 is 18.9. The summed E-state index contributed by atoms with van der Waals surface area (Å²) in [5, 5.41) is 4.18. The second-order valence-corrected chi connectivity index (χ2v) is 16.3. The fourth-order valence-corrected chi connectivity index (χ4v) is 10.7. The Bertz CT molecular complexity index is 1570. The van der Waals surface area contributed by atoms with Gasteiger partial charge in [-0.3, -0.25) is 4.79 Å². The molecule has 5 rings (SSSR count). The maximum Gasteiger partial charge on any atom is 0.261 e. The van der Waals surface area contributed by atoms with E-state index in [0.29, 0.717) is 29.6 Å². The smallest absolute Gasteiger partial charge is 0.261 e. The molecule has 0 unspecified atom stereocenters. The molecule has 0 radical (unpaired) electrons. The second-order valence-electron chi connectivity index (χ2n) is 11.7. The van der Waals surface area contributed by atoms with E-state index in [1.54, 1.807) is 23.2 Å². The van der Waals surface area contributed by atoms with Crippen molar-refractivity contribution in [2.24, 2.45) is 0 Å². The summed E-state index contributed by atoms with van der Waals surface area (Å²) in [4.78, 5) is 22.4. The molecule has 1 aromatic heterocycles. The van der Waals surface area contributed by atoms with Crippen molar-refractivity contribution in [3.8, 4) is 5.75 Å². The molecule has 1 aliphatic heterocycles. The molecule has 9 heteroatoms. The molecule has 0 spiro atoms. The highest BCUT2D eigenvalue weighted by molar-refractivity contribution is 6.99. The largest absolute Gasteiger partial charge is 0.502 e. The normalized spacial score (nSPS) is 15.6. The van der Waals surface area contributed by atoms with E-state index >= 15 is 0 Å². The summed E-state index contributed by atoms with van der Waals surface area (Å²) in [6, 6.07) is 26.2. The van der Waals surface area contributed by atoms with Gasteiger partial charge in [0, 0.05) is 18.0 Å². The van der Waals surface area contributed by atoms with Crippen molar-refractivity contribution in [3.63, 3.8) is 0 Å². The van der Waals surface area contributed by atoms with Crippen LogP contribution in [0.25, 0.3) is 15.6 Å². The second kappa shape index (κ2) is 13.3. The van der Waals surface area contributed by atoms with E-state index in [9.17, 15) is 4.79 Å². The summed E-state index contributed by atoms with van der Waals surface area (Å²) in [6.45, 7) is 15.3. The maximum atomic E-state index is 12.9. The molecule has 3 aromatic carbocycles. The molecule has 7 nitrogen and oxygen atoms in total. The van der Waals surface area contributed by atoms with Crippen LogP contribution in [0.4, 0.5) is 5.69 Å². The topological polar surface area (TPSA) is 65.2 Å². The van der Waals surface area contributed by atoms with Crippen LogP contribution in [0.1, 0.15) is 33.6 Å². The third kappa shape index (κ3) is 6.46. The first-order valence-electron chi connectivity index (χ1n) is 14.5. The number of benzene rings is 3. The van der Waals surface area contributed by atoms with Gasteiger partial charge < -0.3 is 18.8 Å². The number of carbonyl (C=O) groups excluding carboxylic acids is 1. The Balaban J connectivity index is 1.25. The minimum absolute atomic E-state index is 0.0592. The van der Waals surface area contributed by atoms with Crippen molar-refractivity contribution in [3.05, 3.63) is 102 Å². The van der Waals surface area contributed by atoms with Crippen LogP contribution in [0.2, 0.25) is 10.2 Å². The lowest BCUT2D eigenvalue weighted by molar-refractivity contribution is -0.135. The van der Waals surface area contributed by atoms with Crippen LogP contribution in [-0.4, -0.2) is 56.7 Å². The highest BCUT2D eigenvalue weighted by Gasteiger charge is 2.51. The molecule has 0 saturated carbocycles. The maximum absolute atomic E-state index is 12.9. The van der Waals surface area contributed by atoms with Crippen molar-refractivity contribution in [2.45, 2.75) is 44.7 Å². The van der Waals surface area contributed by atoms with Gasteiger partial charge in [-0.15, -0.1) is 0 Å². The van der Waals surface area contributed by atoms with Gasteiger partial charge in [0.1, 0.15) is 24.2 Å². The SMILES string of the molecule is [C-]#[N+]c1cc2ccnc(Cl)c2cc1OCCOCN1C(=O)CC[C@H]1CO[Si](c1ccccc1)(c1ccccc1)C(C)(C)C. The number of ether oxygens (including phenoxy) is 2. The van der Waals surface area contributed by atoms with Gasteiger partial charge in [0.2, 0.25) is 11.6 Å². The van der Waals surface area contributed by atoms with E-state index in [4.69, 9.17) is 32.1 Å². The number of fused-ring (bicyclic) bond motifs is 1. The first-order valence-corrected chi connectivity index (χ1v) is 16.7. The molecule has 43 heavy (non-hydrogen) atoms. The molecule has 1 aliphatic rings. The van der Waals surface area contributed by atoms with Crippen molar-refractivity contribution < 1.29 is 18.7 Å². The lowest BCUT2D eigenvalue weighted by atomic mass is 10.1. The fraction of sp³-hybridized carbons (Fsp3) is 0.324. The minimum Gasteiger partial charge on any atom is -0.502 e. The molecule has 222 valence electrons. The number of rotatable bonds is 11. The molecule has 0 bridgehead atoms. The number of hydrogen-bond acceptors (Lipinski definition) is 5. The van der Waals surface area contributed by atoms with Crippen LogP contribution in [0.5, 0.6) is 5.75 Å². The number of hydrogen-bond donors (Lipinski definition) is 0. The number of nitrogens with zero attached hydrogens (tertiary/aromatic N) is 3. The zero-order valence-electron chi connectivity index (χ0n) is 24.8. The quantitative estimate of drug-likeness (QED) is 0.0852. The summed E-state index contributed by atoms with van der Waals surface area (Å²) in [6.07, 6.45) is 2.80. The lowest BCUT2D eigenvalue weighted by Crippen LogP contribution is -2.67. The van der Waals surface area contributed by atoms with Crippen LogP contribution in [-0.2, 0) is 14.0 Å². The summed E-state index contributed by atoms with van der Waals surface area (Å²) in [5.74, 6) is 0.485. The molecular weight excluding hydrogens is 578 g/mol. The van der Waals surface area contributed by atoms with Crippen LogP contribution < -0.4 is 15.1 Å². The Morgan fingerprint density at radius 2 is 1.70 bits per heavy atom. The molecule has 1 atom stereocenters. The fourth-order valence-electron chi connectivity index (χ4n) is 5.86. The first-order chi connectivity index (χ1) is 20.7. The van der Waals surface area contributed by atoms with Gasteiger partial charge in [0.15, 0.2) is 0 Å². The number of carbonyl (C=O) groups is 1. The van der Waals surface area contributed by atoms with E-state index in [-0.39, 0.29) is 36.9 Å². The van der Waals surface area contributed by atoms with Gasteiger partial charge in [-0.1, -0.05) is 93.0 Å². The highest BCUT2D eigenvalue weighted by atomic mass is 35.5. The predicted octanol–water partition coefficient (Wildman–Crippen LogP) is 6.36. The molecule has 0 N–H and O–H groups in total. The van der Waals surface area contributed by atoms with Crippen molar-refractivity contribution in [1.82, 2.24) is 9.88 Å². The number of halogens is 1. The van der Waals surface area contributed by atoms with E-state index in [1.807, 2.05) is 18.2 Å². The van der Waals surface area contributed by atoms with E-state index in [2.05, 4.69) is 79.1 Å². The zero-order chi connectivity index (χ0) is 30.5. The number of amides is 1. The summed E-state index contributed by atoms with van der Waals surface area (Å²) in [7, 11) is -2.72. The monoisotopic (exact) mass is 613 g/mol. The highest BCUT2D eigenvalue weighted by Crippen LogP contribution is 2.38. The molecule has 0 aliphatic carbocycles. The predicted molar refractivity (Wildman–Crippen MR) is 173 cm³/mol. The standard InChI is InChI=1S/C34H36ClN3O4Si/c1-34(2,3)43(27-11-7-5-8-12-27,28-13-9-6-10-14-28)42-23-26-15-16-32(39)38(26)24-40-19-20-41-31-22-29-25(21-30(31)36-4)17-18-37-33(29)35/h5-14,17-18,21-22,26H,15-16,19-20,23-24H2,1-3H3/t26-/m0/s1. The van der Waals surface area contributed by atoms with Gasteiger partial charge in [0.25, 0.3) is 8.32 Å². The molecule has 4 aromatic rings. The number of likely N-dealkylation sites (tertiary alicyclic amines) is 1. The van der Waals surface area contributed by atoms with Gasteiger partial charge in [0.05, 0.1) is 25.8 Å². The van der Waals surface area contributed by atoms with Crippen molar-refractivity contribution in [1.29, 1.82) is 0 Å². The Labute approximate surface area is 259 Å². The van der Waals surface area contributed by atoms with Crippen LogP contribution in [0, 0.1) is 6.57 Å².